The van der Waals surface area contributed by atoms with Crippen molar-refractivity contribution >= 4 is 12.1 Å². The van der Waals surface area contributed by atoms with Crippen molar-refractivity contribution in [1.82, 2.24) is 9.99 Å². The molecule has 0 saturated carbocycles. The number of aromatic nitrogens is 1. The van der Waals surface area contributed by atoms with Crippen molar-refractivity contribution in [3.05, 3.63) is 114 Å². The summed E-state index contributed by atoms with van der Waals surface area (Å²) in [7, 11) is 0. The van der Waals surface area contributed by atoms with E-state index >= 15 is 0 Å². The summed E-state index contributed by atoms with van der Waals surface area (Å²) < 4.78 is 26.5. The number of rotatable bonds is 9. The van der Waals surface area contributed by atoms with Gasteiger partial charge in [0.25, 0.3) is 5.91 Å². The van der Waals surface area contributed by atoms with Gasteiger partial charge in [0.1, 0.15) is 12.4 Å². The molecule has 0 atom stereocenters. The number of nitrogens with one attached hydrogen (secondary N) is 1. The van der Waals surface area contributed by atoms with Crippen molar-refractivity contribution in [2.75, 3.05) is 6.61 Å². The molecule has 4 rings (SSSR count). The predicted octanol–water partition coefficient (Wildman–Crippen LogP) is 5.36. The van der Waals surface area contributed by atoms with Gasteiger partial charge < -0.3 is 14.0 Å². The molecule has 172 valence electrons. The van der Waals surface area contributed by atoms with E-state index in [2.05, 4.69) is 10.5 Å². The van der Waals surface area contributed by atoms with Gasteiger partial charge >= 0.3 is 0 Å². The zero-order valence-electron chi connectivity index (χ0n) is 18.6. The zero-order valence-corrected chi connectivity index (χ0v) is 18.6. The molecule has 0 spiro atoms. The highest BCUT2D eigenvalue weighted by molar-refractivity contribution is 5.98. The van der Waals surface area contributed by atoms with Crippen LogP contribution in [-0.4, -0.2) is 23.3 Å². The summed E-state index contributed by atoms with van der Waals surface area (Å²) in [6.45, 7) is 2.62. The van der Waals surface area contributed by atoms with Crippen LogP contribution < -0.4 is 14.9 Å². The first-order valence-electron chi connectivity index (χ1n) is 10.8. The van der Waals surface area contributed by atoms with Gasteiger partial charge in [0.2, 0.25) is 0 Å². The quantitative estimate of drug-likeness (QED) is 0.272. The van der Waals surface area contributed by atoms with E-state index in [0.717, 1.165) is 16.8 Å². The number of carbonyl (C=O) groups is 1. The van der Waals surface area contributed by atoms with Gasteiger partial charge in [-0.25, -0.2) is 9.82 Å². The molecule has 1 heterocycles. The topological polar surface area (TPSA) is 64.8 Å². The molecule has 0 aliphatic heterocycles. The molecule has 0 aliphatic carbocycles. The van der Waals surface area contributed by atoms with Gasteiger partial charge in [-0.2, -0.15) is 5.10 Å². The van der Waals surface area contributed by atoms with Crippen LogP contribution in [0.5, 0.6) is 11.5 Å². The third-order valence-corrected chi connectivity index (χ3v) is 4.99. The third kappa shape index (κ3) is 5.69. The molecule has 0 fully saturated rings. The lowest BCUT2D eigenvalue weighted by Gasteiger charge is -2.12. The Morgan fingerprint density at radius 2 is 1.74 bits per heavy atom. The first-order chi connectivity index (χ1) is 16.6. The molecule has 4 aromatic rings. The summed E-state index contributed by atoms with van der Waals surface area (Å²) in [6, 6.07) is 22.6. The van der Waals surface area contributed by atoms with Crippen LogP contribution in [0.3, 0.4) is 0 Å². The van der Waals surface area contributed by atoms with Gasteiger partial charge in [-0.15, -0.1) is 0 Å². The van der Waals surface area contributed by atoms with Crippen LogP contribution in [0.1, 0.15) is 28.4 Å². The van der Waals surface area contributed by atoms with Crippen molar-refractivity contribution in [2.45, 2.75) is 13.5 Å². The molecule has 0 bridgehead atoms. The van der Waals surface area contributed by atoms with Crippen LogP contribution in [0.2, 0.25) is 0 Å². The van der Waals surface area contributed by atoms with E-state index in [-0.39, 0.29) is 18.3 Å². The lowest BCUT2D eigenvalue weighted by Crippen LogP contribution is -2.19. The van der Waals surface area contributed by atoms with Crippen LogP contribution in [0.25, 0.3) is 5.69 Å². The minimum Gasteiger partial charge on any atom is -0.490 e. The largest absolute Gasteiger partial charge is 0.490 e. The maximum absolute atomic E-state index is 13.1. The summed E-state index contributed by atoms with van der Waals surface area (Å²) in [4.78, 5) is 12.7. The van der Waals surface area contributed by atoms with Crippen LogP contribution in [0.4, 0.5) is 4.39 Å². The number of hydrazone groups is 1. The lowest BCUT2D eigenvalue weighted by atomic mass is 10.1. The fraction of sp³-hybridized carbons (Fsp3) is 0.111. The average molecular weight is 458 g/mol. The molecule has 0 radical (unpaired) electrons. The molecular formula is C27H24FN3O3. The second-order valence-corrected chi connectivity index (χ2v) is 7.36. The summed E-state index contributed by atoms with van der Waals surface area (Å²) in [6.07, 6.45) is 5.30. The SMILES string of the molecule is CCOc1cc(/C=N/NC(=O)c2ccccc2-n2cccc2)ccc1OCc1ccc(F)cc1. The normalized spacial score (nSPS) is 10.9. The fourth-order valence-corrected chi connectivity index (χ4v) is 3.35. The first kappa shape index (κ1) is 22.8. The molecule has 0 saturated heterocycles. The van der Waals surface area contributed by atoms with Crippen LogP contribution >= 0.6 is 0 Å². The van der Waals surface area contributed by atoms with Gasteiger partial charge in [0.15, 0.2) is 11.5 Å². The van der Waals surface area contributed by atoms with Crippen molar-refractivity contribution in [3.8, 4) is 17.2 Å². The number of benzene rings is 3. The Bertz CT molecular complexity index is 1270. The van der Waals surface area contributed by atoms with Gasteiger partial charge in [-0.3, -0.25) is 4.79 Å². The minimum absolute atomic E-state index is 0.282. The highest BCUT2D eigenvalue weighted by Gasteiger charge is 2.11. The number of carbonyl (C=O) groups excluding carboxylic acids is 1. The number of amides is 1. The standard InChI is InChI=1S/C27H24FN3O3/c1-2-33-26-17-21(11-14-25(26)34-19-20-9-12-22(28)13-10-20)18-29-30-27(32)23-7-3-4-8-24(23)31-15-5-6-16-31/h3-18H,2,19H2,1H3,(H,30,32)/b29-18+. The average Bonchev–Trinajstić information content (AvgIpc) is 3.40. The maximum Gasteiger partial charge on any atom is 0.273 e. The molecule has 1 amide bonds. The maximum atomic E-state index is 13.1. The van der Waals surface area contributed by atoms with Crippen LogP contribution in [0, 0.1) is 5.82 Å². The Kier molecular flexibility index (Phi) is 7.35. The van der Waals surface area contributed by atoms with Crippen molar-refractivity contribution in [3.63, 3.8) is 0 Å². The van der Waals surface area contributed by atoms with E-state index in [1.54, 1.807) is 36.5 Å². The van der Waals surface area contributed by atoms with Gasteiger partial charge in [-0.1, -0.05) is 24.3 Å². The molecule has 6 nitrogen and oxygen atoms in total. The molecule has 1 N–H and O–H groups in total. The third-order valence-electron chi connectivity index (χ3n) is 4.99. The van der Waals surface area contributed by atoms with Gasteiger partial charge in [0.05, 0.1) is 24.1 Å². The van der Waals surface area contributed by atoms with Gasteiger partial charge in [-0.05, 0) is 72.6 Å². The highest BCUT2D eigenvalue weighted by atomic mass is 19.1. The monoisotopic (exact) mass is 457 g/mol. The van der Waals surface area contributed by atoms with E-state index < -0.39 is 0 Å². The lowest BCUT2D eigenvalue weighted by molar-refractivity contribution is 0.0955. The van der Waals surface area contributed by atoms with E-state index in [1.165, 1.54) is 12.1 Å². The van der Waals surface area contributed by atoms with Crippen molar-refractivity contribution < 1.29 is 18.7 Å². The molecule has 0 unspecified atom stereocenters. The molecule has 7 heteroatoms. The fourth-order valence-electron chi connectivity index (χ4n) is 3.35. The molecule has 34 heavy (non-hydrogen) atoms. The predicted molar refractivity (Wildman–Crippen MR) is 129 cm³/mol. The second kappa shape index (κ2) is 11.0. The summed E-state index contributed by atoms with van der Waals surface area (Å²) in [5.74, 6) is 0.512. The molecule has 0 aliphatic rings. The molecular weight excluding hydrogens is 433 g/mol. The molecule has 1 aromatic heterocycles. The first-order valence-corrected chi connectivity index (χ1v) is 10.8. The Morgan fingerprint density at radius 1 is 0.971 bits per heavy atom. The van der Waals surface area contributed by atoms with Crippen LogP contribution in [-0.2, 0) is 6.61 Å². The van der Waals surface area contributed by atoms with E-state index in [0.29, 0.717) is 23.7 Å². The molecule has 3 aromatic carbocycles. The Morgan fingerprint density at radius 3 is 2.50 bits per heavy atom. The van der Waals surface area contributed by atoms with Crippen molar-refractivity contribution in [2.24, 2.45) is 5.10 Å². The Hall–Kier alpha value is -4.39. The van der Waals surface area contributed by atoms with E-state index in [1.807, 2.05) is 60.3 Å². The number of hydrogen-bond acceptors (Lipinski definition) is 4. The van der Waals surface area contributed by atoms with Gasteiger partial charge in [0, 0.05) is 12.4 Å². The second-order valence-electron chi connectivity index (χ2n) is 7.36. The van der Waals surface area contributed by atoms with Crippen LogP contribution in [0.15, 0.2) is 96.4 Å². The highest BCUT2D eigenvalue weighted by Crippen LogP contribution is 2.29. The Balaban J connectivity index is 1.43. The summed E-state index contributed by atoms with van der Waals surface area (Å²) >= 11 is 0. The zero-order chi connectivity index (χ0) is 23.8. The minimum atomic E-state index is -0.315. The number of nitrogens with zero attached hydrogens (tertiary/aromatic N) is 2. The van der Waals surface area contributed by atoms with Crippen molar-refractivity contribution in [1.29, 1.82) is 0 Å². The summed E-state index contributed by atoms with van der Waals surface area (Å²) in [5.41, 5.74) is 5.43. The smallest absolute Gasteiger partial charge is 0.273 e. The van der Waals surface area contributed by atoms with E-state index in [9.17, 15) is 9.18 Å². The number of para-hydroxylation sites is 1. The summed E-state index contributed by atoms with van der Waals surface area (Å²) in [5, 5.41) is 4.11. The Labute approximate surface area is 197 Å². The number of hydrogen-bond donors (Lipinski definition) is 1. The van der Waals surface area contributed by atoms with E-state index in [4.69, 9.17) is 9.47 Å². The number of ether oxygens (including phenoxy) is 2. The number of halogens is 1.